The van der Waals surface area contributed by atoms with E-state index in [1.165, 1.54) is 10.9 Å². The van der Waals surface area contributed by atoms with E-state index < -0.39 is 88.9 Å². The summed E-state index contributed by atoms with van der Waals surface area (Å²) in [7, 11) is -9.96. The molecule has 4 unspecified atom stereocenters. The Morgan fingerprint density at radius 2 is 1.28 bits per heavy atom. The number of aliphatic hydroxyl groups excluding tert-OH is 1. The average Bonchev–Trinajstić information content (AvgIpc) is 3.72. The quantitative estimate of drug-likeness (QED) is 0.115. The summed E-state index contributed by atoms with van der Waals surface area (Å²) in [4.78, 5) is 66.5. The van der Waals surface area contributed by atoms with Gasteiger partial charge in [0.25, 0.3) is 11.1 Å². The number of aromatic amines is 2. The molecule has 10 atom stereocenters. The first-order valence-corrected chi connectivity index (χ1v) is 16.5. The second-order valence-electron chi connectivity index (χ2n) is 10.7. The molecule has 0 saturated carbocycles. The number of ether oxygens (including phenoxy) is 2. The molecule has 0 amide bonds. The summed E-state index contributed by atoms with van der Waals surface area (Å²) in [6.07, 6.45) is -7.58. The summed E-state index contributed by atoms with van der Waals surface area (Å²) < 4.78 is 61.8. The molecule has 3 aliphatic rings. The largest absolute Gasteiger partial charge is 0.472 e. The molecule has 0 radical (unpaired) electrons. The van der Waals surface area contributed by atoms with Crippen molar-refractivity contribution in [3.8, 4) is 0 Å². The minimum Gasteiger partial charge on any atom is -0.386 e. The number of phosphoric acid groups is 2. The number of nitrogen functional groups attached to an aromatic ring is 2. The van der Waals surface area contributed by atoms with Crippen molar-refractivity contribution < 1.29 is 51.6 Å². The van der Waals surface area contributed by atoms with Crippen LogP contribution in [0.1, 0.15) is 19.4 Å². The second kappa shape index (κ2) is 11.0. The first kappa shape index (κ1) is 31.0. The number of nitrogens with two attached hydrogens (primary N) is 2. The molecule has 9 N–H and O–H groups in total. The average molecular weight is 688 g/mol. The number of fused-ring (bicyclic) bond motifs is 4. The molecular weight excluding hydrogens is 662 g/mol. The van der Waals surface area contributed by atoms with E-state index in [1.807, 2.05) is 0 Å². The summed E-state index contributed by atoms with van der Waals surface area (Å²) in [5, 5.41) is 11.1. The highest BCUT2D eigenvalue weighted by atomic mass is 31.2. The second-order valence-corrected chi connectivity index (χ2v) is 13.5. The molecule has 4 aromatic rings. The number of hydrogen-bond donors (Lipinski definition) is 7. The first-order chi connectivity index (χ1) is 21.7. The number of nitrogens with zero attached hydrogens (tertiary/aromatic N) is 6. The highest BCUT2D eigenvalue weighted by molar-refractivity contribution is 7.47. The number of H-pyrrole nitrogens is 2. The molecule has 25 heteroatoms. The predicted octanol–water partition coefficient (Wildman–Crippen LogP) is -1.77. The standard InChI is InChI=1S/C21H26N10O13P2/c1-6-12-7(41-18(6)30-4-24-9-14(30)26-20(22)28-16(9)33)2-39-46(37,38)44-13-8(3-40-45(35,36)43-12)42-19(11(13)32)31-5-25-10-15(31)27-21(23)29-17(10)34/h4-8,11-13,18-19,32H,2-3H2,1H3,(H,35,36)(H,37,38)(H3,22,26,28,33)(H3,23,27,29,34)/t6?,7-,8-,11?,12+,13-,18+,19+/m0/s1. The maximum atomic E-state index is 13.2. The zero-order chi connectivity index (χ0) is 32.7. The molecule has 46 heavy (non-hydrogen) atoms. The van der Waals surface area contributed by atoms with Gasteiger partial charge in [0.1, 0.15) is 36.7 Å². The minimum atomic E-state index is -5.02. The molecule has 3 saturated heterocycles. The molecule has 4 aromatic heterocycles. The lowest BCUT2D eigenvalue weighted by atomic mass is 10.0. The summed E-state index contributed by atoms with van der Waals surface area (Å²) in [6, 6.07) is 0. The fraction of sp³-hybridized carbons (Fsp3) is 0.524. The van der Waals surface area contributed by atoms with Crippen molar-refractivity contribution >= 4 is 49.9 Å². The van der Waals surface area contributed by atoms with E-state index in [-0.39, 0.29) is 34.2 Å². The topological polar surface area (TPSA) is 329 Å². The van der Waals surface area contributed by atoms with Gasteiger partial charge in [0.05, 0.1) is 25.9 Å². The number of aromatic nitrogens is 8. The summed E-state index contributed by atoms with van der Waals surface area (Å²) >= 11 is 0. The first-order valence-electron chi connectivity index (χ1n) is 13.5. The van der Waals surface area contributed by atoms with Gasteiger partial charge in [-0.25, -0.2) is 19.1 Å². The van der Waals surface area contributed by atoms with E-state index in [0.29, 0.717) is 0 Å². The highest BCUT2D eigenvalue weighted by Gasteiger charge is 2.53. The van der Waals surface area contributed by atoms with E-state index in [4.69, 9.17) is 39.0 Å². The van der Waals surface area contributed by atoms with Crippen molar-refractivity contribution in [1.82, 2.24) is 39.0 Å². The van der Waals surface area contributed by atoms with Gasteiger partial charge in [-0.15, -0.1) is 0 Å². The monoisotopic (exact) mass is 688 g/mol. The molecular formula is C21H26N10O13P2. The molecule has 7 rings (SSSR count). The van der Waals surface area contributed by atoms with Gasteiger partial charge in [0.2, 0.25) is 11.9 Å². The van der Waals surface area contributed by atoms with Crippen molar-refractivity contribution in [3.05, 3.63) is 33.4 Å². The van der Waals surface area contributed by atoms with Crippen LogP contribution in [0.3, 0.4) is 0 Å². The zero-order valence-corrected chi connectivity index (χ0v) is 25.1. The van der Waals surface area contributed by atoms with Crippen molar-refractivity contribution in [2.75, 3.05) is 24.7 Å². The van der Waals surface area contributed by atoms with Crippen LogP contribution in [0, 0.1) is 5.92 Å². The van der Waals surface area contributed by atoms with Crippen molar-refractivity contribution in [2.45, 2.75) is 49.9 Å². The number of anilines is 2. The molecule has 0 aromatic carbocycles. The van der Waals surface area contributed by atoms with E-state index in [2.05, 4.69) is 29.9 Å². The lowest BCUT2D eigenvalue weighted by Crippen LogP contribution is -2.37. The van der Waals surface area contributed by atoms with Crippen LogP contribution in [0.2, 0.25) is 0 Å². The Kier molecular flexibility index (Phi) is 7.41. The Morgan fingerprint density at radius 1 is 0.826 bits per heavy atom. The van der Waals surface area contributed by atoms with Gasteiger partial charge in [-0.05, 0) is 0 Å². The molecule has 248 valence electrons. The van der Waals surface area contributed by atoms with Gasteiger partial charge in [0, 0.05) is 5.92 Å². The van der Waals surface area contributed by atoms with Crippen LogP contribution in [0.25, 0.3) is 22.3 Å². The van der Waals surface area contributed by atoms with Crippen LogP contribution in [0.15, 0.2) is 22.2 Å². The number of nitrogens with one attached hydrogen (secondary N) is 2. The number of rotatable bonds is 2. The number of aliphatic hydroxyl groups is 1. The van der Waals surface area contributed by atoms with E-state index >= 15 is 0 Å². The van der Waals surface area contributed by atoms with Crippen molar-refractivity contribution in [3.63, 3.8) is 0 Å². The van der Waals surface area contributed by atoms with Crippen LogP contribution in [0.5, 0.6) is 0 Å². The predicted molar refractivity (Wildman–Crippen MR) is 149 cm³/mol. The Bertz CT molecular complexity index is 1900. The number of imidazole rings is 2. The summed E-state index contributed by atoms with van der Waals surface area (Å²) in [5.41, 5.74) is 9.78. The molecule has 23 nitrogen and oxygen atoms in total. The molecule has 0 bridgehead atoms. The van der Waals surface area contributed by atoms with Crippen LogP contribution in [0.4, 0.5) is 11.9 Å². The highest BCUT2D eigenvalue weighted by Crippen LogP contribution is 2.54. The lowest BCUT2D eigenvalue weighted by molar-refractivity contribution is -0.0663. The summed E-state index contributed by atoms with van der Waals surface area (Å²) in [5.74, 6) is -1.25. The number of phosphoric ester groups is 2. The van der Waals surface area contributed by atoms with Gasteiger partial charge >= 0.3 is 15.6 Å². The van der Waals surface area contributed by atoms with Crippen LogP contribution in [-0.2, 0) is 36.7 Å². The van der Waals surface area contributed by atoms with Gasteiger partial charge in [-0.2, -0.15) is 9.97 Å². The zero-order valence-electron chi connectivity index (χ0n) is 23.3. The maximum absolute atomic E-state index is 13.2. The number of hydrogen-bond acceptors (Lipinski definition) is 17. The molecule has 3 fully saturated rings. The Balaban J connectivity index is 1.18. The third kappa shape index (κ3) is 5.34. The smallest absolute Gasteiger partial charge is 0.386 e. The van der Waals surface area contributed by atoms with E-state index in [9.17, 15) is 33.6 Å². The van der Waals surface area contributed by atoms with Crippen molar-refractivity contribution in [1.29, 1.82) is 0 Å². The van der Waals surface area contributed by atoms with Crippen molar-refractivity contribution in [2.24, 2.45) is 5.92 Å². The van der Waals surface area contributed by atoms with Crippen LogP contribution in [-0.4, -0.2) is 97.7 Å². The Labute approximate surface area is 254 Å². The lowest BCUT2D eigenvalue weighted by Gasteiger charge is -2.28. The third-order valence-corrected chi connectivity index (χ3v) is 9.69. The summed E-state index contributed by atoms with van der Waals surface area (Å²) in [6.45, 7) is 0.0813. The fourth-order valence-corrected chi connectivity index (χ4v) is 7.67. The molecule has 0 spiro atoms. The van der Waals surface area contributed by atoms with Gasteiger partial charge in [0.15, 0.2) is 28.6 Å². The molecule has 3 aliphatic heterocycles. The molecule has 0 aliphatic carbocycles. The van der Waals surface area contributed by atoms with Gasteiger partial charge < -0.3 is 35.8 Å². The Morgan fingerprint density at radius 3 is 1.83 bits per heavy atom. The van der Waals surface area contributed by atoms with E-state index in [1.54, 1.807) is 6.92 Å². The Hall–Kier alpha value is -3.60. The van der Waals surface area contributed by atoms with Crippen LogP contribution >= 0.6 is 15.6 Å². The van der Waals surface area contributed by atoms with E-state index in [0.717, 1.165) is 10.9 Å². The SMILES string of the molecule is CC1[C@H]2OP(=O)(O)OC[C@@H]3O[C@@H](n4cnc5c(=O)[nH]c(N)nc54)C(O)[C@H]3OP(=O)(O)OC[C@@H]2O[C@H]1n1cnc2c(=O)[nH]c(N)nc21. The van der Waals surface area contributed by atoms with Gasteiger partial charge in [-0.3, -0.25) is 46.8 Å². The van der Waals surface area contributed by atoms with Gasteiger partial charge in [-0.1, -0.05) is 6.92 Å². The normalized spacial score (nSPS) is 37.1. The molecule has 7 heterocycles. The van der Waals surface area contributed by atoms with Crippen LogP contribution < -0.4 is 22.6 Å². The maximum Gasteiger partial charge on any atom is 0.472 e. The fourth-order valence-electron chi connectivity index (χ4n) is 5.67. The minimum absolute atomic E-state index is 0.0395. The third-order valence-electron chi connectivity index (χ3n) is 7.72.